The molecule has 0 radical (unpaired) electrons. The molecular weight excluding hydrogens is 304 g/mol. The standard InChI is InChI=1S/C18H32N4O2/c1-20(2)18(21(3)4)19-15-16-8-7-9-17(14-16)24-13-11-22(5)10-12-23-6/h7-9,14H,10-13,15H2,1-6H3. The summed E-state index contributed by atoms with van der Waals surface area (Å²) >= 11 is 0. The van der Waals surface area contributed by atoms with Gasteiger partial charge in [0.15, 0.2) is 5.96 Å². The third-order valence-corrected chi connectivity index (χ3v) is 3.52. The summed E-state index contributed by atoms with van der Waals surface area (Å²) in [5, 5.41) is 0. The first-order chi connectivity index (χ1) is 11.4. The van der Waals surface area contributed by atoms with E-state index in [0.717, 1.165) is 37.0 Å². The molecule has 0 atom stereocenters. The number of likely N-dealkylation sites (N-methyl/N-ethyl adjacent to an activating group) is 1. The first kappa shape index (κ1) is 20.3. The Morgan fingerprint density at radius 1 is 1.00 bits per heavy atom. The fourth-order valence-electron chi connectivity index (χ4n) is 2.26. The van der Waals surface area contributed by atoms with Crippen LogP contribution in [0, 0.1) is 0 Å². The molecule has 0 fully saturated rings. The zero-order valence-corrected chi connectivity index (χ0v) is 16.0. The highest BCUT2D eigenvalue weighted by atomic mass is 16.5. The molecule has 1 aromatic rings. The first-order valence-electron chi connectivity index (χ1n) is 8.22. The number of guanidine groups is 1. The van der Waals surface area contributed by atoms with Crippen molar-refractivity contribution in [2.45, 2.75) is 6.54 Å². The molecule has 0 unspecified atom stereocenters. The van der Waals surface area contributed by atoms with Gasteiger partial charge in [0.05, 0.1) is 13.2 Å². The summed E-state index contributed by atoms with van der Waals surface area (Å²) in [4.78, 5) is 10.9. The molecule has 0 spiro atoms. The second-order valence-corrected chi connectivity index (χ2v) is 6.20. The van der Waals surface area contributed by atoms with Crippen LogP contribution in [0.25, 0.3) is 0 Å². The lowest BCUT2D eigenvalue weighted by Gasteiger charge is -2.22. The normalized spacial score (nSPS) is 10.6. The Kier molecular flexibility index (Phi) is 9.19. The minimum atomic E-state index is 0.636. The number of nitrogens with zero attached hydrogens (tertiary/aromatic N) is 4. The number of aliphatic imine (C=N–C) groups is 1. The Balaban J connectivity index is 2.53. The van der Waals surface area contributed by atoms with Crippen LogP contribution < -0.4 is 4.74 Å². The largest absolute Gasteiger partial charge is 0.492 e. The minimum Gasteiger partial charge on any atom is -0.492 e. The molecule has 24 heavy (non-hydrogen) atoms. The van der Waals surface area contributed by atoms with E-state index in [1.807, 2.05) is 50.1 Å². The van der Waals surface area contributed by atoms with Crippen molar-refractivity contribution in [1.82, 2.24) is 14.7 Å². The lowest BCUT2D eigenvalue weighted by molar-refractivity contribution is 0.150. The topological polar surface area (TPSA) is 40.5 Å². The van der Waals surface area contributed by atoms with Crippen molar-refractivity contribution in [2.75, 3.05) is 68.7 Å². The summed E-state index contributed by atoms with van der Waals surface area (Å²) in [7, 11) is 11.8. The van der Waals surface area contributed by atoms with Gasteiger partial charge in [0.1, 0.15) is 12.4 Å². The molecule has 0 aliphatic rings. The molecule has 0 bridgehead atoms. The average molecular weight is 336 g/mol. The Morgan fingerprint density at radius 3 is 2.29 bits per heavy atom. The van der Waals surface area contributed by atoms with Crippen LogP contribution in [0.3, 0.4) is 0 Å². The fourth-order valence-corrected chi connectivity index (χ4v) is 2.26. The molecule has 0 aliphatic carbocycles. The summed E-state index contributed by atoms with van der Waals surface area (Å²) in [6, 6.07) is 8.13. The average Bonchev–Trinajstić information content (AvgIpc) is 2.53. The van der Waals surface area contributed by atoms with Crippen molar-refractivity contribution in [3.63, 3.8) is 0 Å². The number of benzene rings is 1. The molecule has 136 valence electrons. The van der Waals surface area contributed by atoms with Gasteiger partial charge in [-0.3, -0.25) is 0 Å². The highest BCUT2D eigenvalue weighted by Crippen LogP contribution is 2.14. The van der Waals surface area contributed by atoms with Gasteiger partial charge in [0.25, 0.3) is 0 Å². The van der Waals surface area contributed by atoms with Gasteiger partial charge in [-0.2, -0.15) is 0 Å². The zero-order valence-electron chi connectivity index (χ0n) is 16.0. The first-order valence-corrected chi connectivity index (χ1v) is 8.22. The van der Waals surface area contributed by atoms with Crippen molar-refractivity contribution in [3.05, 3.63) is 29.8 Å². The second-order valence-electron chi connectivity index (χ2n) is 6.20. The molecule has 0 saturated heterocycles. The van der Waals surface area contributed by atoms with E-state index in [0.29, 0.717) is 13.2 Å². The van der Waals surface area contributed by atoms with Gasteiger partial charge < -0.3 is 24.2 Å². The summed E-state index contributed by atoms with van der Waals surface area (Å²) in [5.41, 5.74) is 1.14. The van der Waals surface area contributed by atoms with E-state index >= 15 is 0 Å². The summed E-state index contributed by atoms with van der Waals surface area (Å²) in [6.07, 6.45) is 0. The van der Waals surface area contributed by atoms with Crippen LogP contribution in [0.1, 0.15) is 5.56 Å². The lowest BCUT2D eigenvalue weighted by atomic mass is 10.2. The van der Waals surface area contributed by atoms with Gasteiger partial charge >= 0.3 is 0 Å². The second kappa shape index (κ2) is 10.9. The van der Waals surface area contributed by atoms with Gasteiger partial charge in [0, 0.05) is 48.4 Å². The van der Waals surface area contributed by atoms with E-state index < -0.39 is 0 Å². The SMILES string of the molecule is COCCN(C)CCOc1cccc(CN=C(N(C)C)N(C)C)c1. The zero-order chi connectivity index (χ0) is 17.9. The molecule has 0 amide bonds. The molecule has 0 saturated carbocycles. The van der Waals surface area contributed by atoms with E-state index in [9.17, 15) is 0 Å². The van der Waals surface area contributed by atoms with Crippen molar-refractivity contribution in [3.8, 4) is 5.75 Å². The van der Waals surface area contributed by atoms with Crippen LogP contribution in [0.2, 0.25) is 0 Å². The van der Waals surface area contributed by atoms with Crippen LogP contribution in [-0.2, 0) is 11.3 Å². The Labute approximate surface area is 146 Å². The van der Waals surface area contributed by atoms with Gasteiger partial charge in [-0.1, -0.05) is 12.1 Å². The molecule has 1 aromatic carbocycles. The van der Waals surface area contributed by atoms with E-state index in [-0.39, 0.29) is 0 Å². The summed E-state index contributed by atoms with van der Waals surface area (Å²) < 4.78 is 10.9. The van der Waals surface area contributed by atoms with Crippen LogP contribution in [-0.4, -0.2) is 89.3 Å². The fraction of sp³-hybridized carbons (Fsp3) is 0.611. The number of hydrogen-bond acceptors (Lipinski definition) is 4. The number of hydrogen-bond donors (Lipinski definition) is 0. The van der Waals surface area contributed by atoms with Gasteiger partial charge in [0.2, 0.25) is 0 Å². The highest BCUT2D eigenvalue weighted by Gasteiger charge is 2.04. The summed E-state index contributed by atoms with van der Waals surface area (Å²) in [6.45, 7) is 3.82. The minimum absolute atomic E-state index is 0.636. The van der Waals surface area contributed by atoms with Crippen LogP contribution in [0.4, 0.5) is 0 Å². The number of ether oxygens (including phenoxy) is 2. The molecule has 6 nitrogen and oxygen atoms in total. The molecule has 1 rings (SSSR count). The molecular formula is C18H32N4O2. The van der Waals surface area contributed by atoms with E-state index in [1.54, 1.807) is 7.11 Å². The van der Waals surface area contributed by atoms with Crippen LogP contribution in [0.5, 0.6) is 5.75 Å². The number of methoxy groups -OCH3 is 1. The predicted molar refractivity (Wildman–Crippen MR) is 99.8 cm³/mol. The molecule has 0 heterocycles. The quantitative estimate of drug-likeness (QED) is 0.506. The molecule has 0 aromatic heterocycles. The molecule has 6 heteroatoms. The van der Waals surface area contributed by atoms with Crippen LogP contribution in [0.15, 0.2) is 29.3 Å². The van der Waals surface area contributed by atoms with E-state index in [2.05, 4.69) is 29.1 Å². The third kappa shape index (κ3) is 7.66. The molecule has 0 aliphatic heterocycles. The number of rotatable bonds is 9. The third-order valence-electron chi connectivity index (χ3n) is 3.52. The predicted octanol–water partition coefficient (Wildman–Crippen LogP) is 1.62. The Morgan fingerprint density at radius 2 is 1.67 bits per heavy atom. The van der Waals surface area contributed by atoms with Crippen molar-refractivity contribution in [2.24, 2.45) is 4.99 Å². The van der Waals surface area contributed by atoms with Gasteiger partial charge in [-0.25, -0.2) is 4.99 Å². The smallest absolute Gasteiger partial charge is 0.195 e. The maximum Gasteiger partial charge on any atom is 0.195 e. The maximum absolute atomic E-state index is 5.85. The van der Waals surface area contributed by atoms with Gasteiger partial charge in [-0.05, 0) is 24.7 Å². The maximum atomic E-state index is 5.85. The summed E-state index contributed by atoms with van der Waals surface area (Å²) in [5.74, 6) is 1.83. The van der Waals surface area contributed by atoms with E-state index in [4.69, 9.17) is 9.47 Å². The van der Waals surface area contributed by atoms with Crippen molar-refractivity contribution in [1.29, 1.82) is 0 Å². The highest BCUT2D eigenvalue weighted by molar-refractivity contribution is 5.79. The van der Waals surface area contributed by atoms with Crippen molar-refractivity contribution >= 4 is 5.96 Å². The molecule has 0 N–H and O–H groups in total. The van der Waals surface area contributed by atoms with Crippen molar-refractivity contribution < 1.29 is 9.47 Å². The Bertz CT molecular complexity index is 494. The van der Waals surface area contributed by atoms with Gasteiger partial charge in [-0.15, -0.1) is 0 Å². The van der Waals surface area contributed by atoms with E-state index in [1.165, 1.54) is 0 Å². The van der Waals surface area contributed by atoms with Crippen LogP contribution >= 0.6 is 0 Å². The monoisotopic (exact) mass is 336 g/mol. The lowest BCUT2D eigenvalue weighted by Crippen LogP contribution is -2.35. The Hall–Kier alpha value is -1.79.